The number of ether oxygens (including phenoxy) is 2. The lowest BCUT2D eigenvalue weighted by molar-refractivity contribution is -0.116. The Kier molecular flexibility index (Phi) is 7.82. The molecule has 5 rings (SSSR count). The predicted molar refractivity (Wildman–Crippen MR) is 134 cm³/mol. The van der Waals surface area contributed by atoms with E-state index in [0.717, 1.165) is 0 Å². The zero-order chi connectivity index (χ0) is 27.5. The molecule has 0 radical (unpaired) electrons. The number of hydrogen-bond acceptors (Lipinski definition) is 15. The SMILES string of the molecule is O=C(CCNc1nc2c(c(=O)[nH]1)NCN2COCCO)Nc1ncnc2c1ncn2C1OC(CO)C(O)C1O. The second-order valence-electron chi connectivity index (χ2n) is 8.75. The second kappa shape index (κ2) is 11.4. The maximum Gasteiger partial charge on any atom is 0.277 e. The maximum atomic E-state index is 12.6. The highest BCUT2D eigenvalue weighted by Crippen LogP contribution is 2.32. The summed E-state index contributed by atoms with van der Waals surface area (Å²) >= 11 is 0. The third-order valence-corrected chi connectivity index (χ3v) is 6.18. The van der Waals surface area contributed by atoms with E-state index in [1.165, 1.54) is 17.2 Å². The molecule has 5 heterocycles. The molecule has 4 atom stereocenters. The summed E-state index contributed by atoms with van der Waals surface area (Å²) in [4.78, 5) is 46.1. The number of carbonyl (C=O) groups is 1. The van der Waals surface area contributed by atoms with Crippen molar-refractivity contribution in [3.63, 3.8) is 0 Å². The Balaban J connectivity index is 1.21. The van der Waals surface area contributed by atoms with Crippen LogP contribution in [0.2, 0.25) is 0 Å². The van der Waals surface area contributed by atoms with Crippen LogP contribution in [0.5, 0.6) is 0 Å². The fourth-order valence-corrected chi connectivity index (χ4v) is 4.26. The minimum atomic E-state index is -1.33. The van der Waals surface area contributed by atoms with Crippen molar-refractivity contribution >= 4 is 40.3 Å². The average Bonchev–Trinajstić information content (AvgIpc) is 3.61. The molecule has 4 unspecified atom stereocenters. The summed E-state index contributed by atoms with van der Waals surface area (Å²) in [5.74, 6) is 0.277. The van der Waals surface area contributed by atoms with Crippen molar-refractivity contribution in [3.05, 3.63) is 23.0 Å². The summed E-state index contributed by atoms with van der Waals surface area (Å²) in [5.41, 5.74) is 0.395. The van der Waals surface area contributed by atoms with Crippen molar-refractivity contribution in [3.8, 4) is 0 Å². The van der Waals surface area contributed by atoms with Crippen molar-refractivity contribution in [1.82, 2.24) is 29.5 Å². The van der Waals surface area contributed by atoms with Gasteiger partial charge in [-0.15, -0.1) is 0 Å². The third-order valence-electron chi connectivity index (χ3n) is 6.18. The largest absolute Gasteiger partial charge is 0.394 e. The van der Waals surface area contributed by atoms with Crippen molar-refractivity contribution in [1.29, 1.82) is 0 Å². The first-order valence-electron chi connectivity index (χ1n) is 12.1. The average molecular weight is 549 g/mol. The van der Waals surface area contributed by atoms with E-state index in [1.807, 2.05) is 0 Å². The summed E-state index contributed by atoms with van der Waals surface area (Å²) in [7, 11) is 0. The monoisotopic (exact) mass is 548 g/mol. The molecule has 18 nitrogen and oxygen atoms in total. The normalized spacial score (nSPS) is 22.2. The van der Waals surface area contributed by atoms with Crippen LogP contribution in [-0.4, -0.2) is 114 Å². The van der Waals surface area contributed by atoms with Gasteiger partial charge in [0.05, 0.1) is 32.8 Å². The van der Waals surface area contributed by atoms with E-state index in [-0.39, 0.29) is 61.4 Å². The van der Waals surface area contributed by atoms with E-state index in [2.05, 4.69) is 40.9 Å². The number of aromatic nitrogens is 6. The molecule has 3 aromatic heterocycles. The third kappa shape index (κ3) is 5.33. The number of hydrogen-bond donors (Lipinski definition) is 8. The summed E-state index contributed by atoms with van der Waals surface area (Å²) in [6.45, 7) is 0.137. The number of nitrogens with zero attached hydrogens (tertiary/aromatic N) is 6. The molecule has 2 aliphatic rings. The smallest absolute Gasteiger partial charge is 0.277 e. The van der Waals surface area contributed by atoms with Gasteiger partial charge in [-0.05, 0) is 0 Å². The van der Waals surface area contributed by atoms with Gasteiger partial charge in [-0.1, -0.05) is 0 Å². The van der Waals surface area contributed by atoms with E-state index < -0.39 is 37.1 Å². The first-order chi connectivity index (χ1) is 18.9. The number of H-pyrrole nitrogens is 1. The highest BCUT2D eigenvalue weighted by molar-refractivity contribution is 5.96. The fraction of sp³-hybridized carbons (Fsp3) is 0.524. The highest BCUT2D eigenvalue weighted by Gasteiger charge is 2.44. The minimum Gasteiger partial charge on any atom is -0.394 e. The van der Waals surface area contributed by atoms with E-state index >= 15 is 0 Å². The van der Waals surface area contributed by atoms with Gasteiger partial charge in [-0.2, -0.15) is 4.98 Å². The quantitative estimate of drug-likeness (QED) is 0.112. The van der Waals surface area contributed by atoms with Crippen LogP contribution in [0.25, 0.3) is 11.2 Å². The lowest BCUT2D eigenvalue weighted by atomic mass is 10.1. The number of aliphatic hydroxyl groups excluding tert-OH is 4. The molecular weight excluding hydrogens is 520 g/mol. The van der Waals surface area contributed by atoms with E-state index in [4.69, 9.17) is 14.6 Å². The number of fused-ring (bicyclic) bond motifs is 2. The van der Waals surface area contributed by atoms with Crippen LogP contribution in [-0.2, 0) is 14.3 Å². The molecule has 0 aliphatic carbocycles. The lowest BCUT2D eigenvalue weighted by Gasteiger charge is -2.17. The molecule has 0 aromatic carbocycles. The number of aliphatic hydroxyl groups is 4. The van der Waals surface area contributed by atoms with Crippen LogP contribution in [0.1, 0.15) is 12.6 Å². The Labute approximate surface area is 219 Å². The lowest BCUT2D eigenvalue weighted by Crippen LogP contribution is -2.33. The Bertz CT molecular complexity index is 1380. The van der Waals surface area contributed by atoms with Gasteiger partial charge < -0.3 is 50.8 Å². The second-order valence-corrected chi connectivity index (χ2v) is 8.75. The van der Waals surface area contributed by atoms with E-state index in [9.17, 15) is 24.9 Å². The number of nitrogens with one attached hydrogen (secondary N) is 4. The van der Waals surface area contributed by atoms with Crippen molar-refractivity contribution in [2.24, 2.45) is 0 Å². The molecule has 8 N–H and O–H groups in total. The van der Waals surface area contributed by atoms with Gasteiger partial charge in [0.15, 0.2) is 29.0 Å². The van der Waals surface area contributed by atoms with Crippen LogP contribution in [0.15, 0.2) is 17.4 Å². The zero-order valence-corrected chi connectivity index (χ0v) is 20.5. The maximum absolute atomic E-state index is 12.6. The molecule has 210 valence electrons. The minimum absolute atomic E-state index is 0.0105. The summed E-state index contributed by atoms with van der Waals surface area (Å²) in [6.07, 6.45) is -2.10. The molecule has 0 spiro atoms. The Morgan fingerprint density at radius 2 is 2.08 bits per heavy atom. The molecule has 2 aliphatic heterocycles. The molecule has 1 amide bonds. The van der Waals surface area contributed by atoms with Crippen molar-refractivity contribution < 1.29 is 34.7 Å². The number of carbonyl (C=O) groups excluding carboxylic acids is 1. The number of rotatable bonds is 11. The van der Waals surface area contributed by atoms with Crippen LogP contribution in [0, 0.1) is 0 Å². The zero-order valence-electron chi connectivity index (χ0n) is 20.5. The van der Waals surface area contributed by atoms with Crippen LogP contribution in [0.3, 0.4) is 0 Å². The molecule has 18 heteroatoms. The number of anilines is 4. The van der Waals surface area contributed by atoms with Gasteiger partial charge in [-0.3, -0.25) is 19.1 Å². The molecule has 1 fully saturated rings. The molecule has 3 aromatic rings. The van der Waals surface area contributed by atoms with Crippen LogP contribution < -0.4 is 26.4 Å². The topological polar surface area (TPSA) is 245 Å². The highest BCUT2D eigenvalue weighted by atomic mass is 16.6. The molecule has 39 heavy (non-hydrogen) atoms. The van der Waals surface area contributed by atoms with Crippen LogP contribution >= 0.6 is 0 Å². The Morgan fingerprint density at radius 1 is 1.23 bits per heavy atom. The van der Waals surface area contributed by atoms with Crippen molar-refractivity contribution in [2.75, 3.05) is 60.6 Å². The van der Waals surface area contributed by atoms with Gasteiger partial charge >= 0.3 is 0 Å². The number of aromatic amines is 1. The molecule has 1 saturated heterocycles. The van der Waals surface area contributed by atoms with Gasteiger partial charge in [0.1, 0.15) is 37.1 Å². The van der Waals surface area contributed by atoms with Gasteiger partial charge in [0.2, 0.25) is 11.9 Å². The molecule has 0 bridgehead atoms. The fourth-order valence-electron chi connectivity index (χ4n) is 4.26. The first kappa shape index (κ1) is 26.7. The number of imidazole rings is 1. The summed E-state index contributed by atoms with van der Waals surface area (Å²) in [5, 5.41) is 47.1. The van der Waals surface area contributed by atoms with Crippen LogP contribution in [0.4, 0.5) is 23.3 Å². The summed E-state index contributed by atoms with van der Waals surface area (Å²) in [6, 6.07) is 0. The van der Waals surface area contributed by atoms with Crippen molar-refractivity contribution in [2.45, 2.75) is 31.0 Å². The first-order valence-corrected chi connectivity index (χ1v) is 12.1. The molecule has 0 saturated carbocycles. The van der Waals surface area contributed by atoms with Gasteiger partial charge in [-0.25, -0.2) is 15.0 Å². The number of amides is 1. The standard InChI is InChI=1S/C21H28N10O8/c32-3-4-38-9-30-7-25-13-18(30)28-21(29-19(13)37)22-2-1-11(34)27-16-12-17(24-6-23-16)31(8-26-12)20-15(36)14(35)10(5-33)39-20/h6,8,10,14-15,20,25,32-33,35-36H,1-5,7,9H2,(H2,22,28,29,37)(H,23,24,27,34). The predicted octanol–water partition coefficient (Wildman–Crippen LogP) is -2.88. The van der Waals surface area contributed by atoms with Gasteiger partial charge in [0, 0.05) is 13.0 Å². The van der Waals surface area contributed by atoms with Gasteiger partial charge in [0.25, 0.3) is 5.56 Å². The molecular formula is C21H28N10O8. The summed E-state index contributed by atoms with van der Waals surface area (Å²) < 4.78 is 12.2. The Morgan fingerprint density at radius 3 is 2.85 bits per heavy atom. The van der Waals surface area contributed by atoms with E-state index in [1.54, 1.807) is 4.90 Å². The van der Waals surface area contributed by atoms with E-state index in [0.29, 0.717) is 18.2 Å². The Hall–Kier alpha value is -3.94.